The summed E-state index contributed by atoms with van der Waals surface area (Å²) in [6.45, 7) is 1.21. The molecule has 4 rings (SSSR count). The number of ether oxygens (including phenoxy) is 1. The van der Waals surface area contributed by atoms with Gasteiger partial charge in [0, 0.05) is 37.6 Å². The lowest BCUT2D eigenvalue weighted by Crippen LogP contribution is -2.33. The monoisotopic (exact) mass is 451 g/mol. The Kier molecular flexibility index (Phi) is 6.41. The van der Waals surface area contributed by atoms with Gasteiger partial charge in [-0.05, 0) is 30.2 Å². The van der Waals surface area contributed by atoms with Crippen LogP contribution in [0.4, 0.5) is 10.8 Å². The van der Waals surface area contributed by atoms with Crippen molar-refractivity contribution >= 4 is 38.3 Å². The number of carbonyl (C=O) groups excluding carboxylic acids is 1. The maximum atomic E-state index is 13.2. The fourth-order valence-corrected chi connectivity index (χ4v) is 4.34. The van der Waals surface area contributed by atoms with E-state index in [0.29, 0.717) is 17.2 Å². The number of imidazole rings is 1. The summed E-state index contributed by atoms with van der Waals surface area (Å²) in [5, 5.41) is 11.5. The number of nitro benzene ring substituents is 1. The Morgan fingerprint density at radius 3 is 2.75 bits per heavy atom. The average Bonchev–Trinajstić information content (AvgIpc) is 3.46. The third-order valence-electron chi connectivity index (χ3n) is 4.98. The highest BCUT2D eigenvalue weighted by Gasteiger charge is 2.20. The number of nitro groups is 1. The van der Waals surface area contributed by atoms with Crippen LogP contribution < -0.4 is 9.64 Å². The van der Waals surface area contributed by atoms with Crippen molar-refractivity contribution in [3.63, 3.8) is 0 Å². The van der Waals surface area contributed by atoms with Crippen LogP contribution in [0.1, 0.15) is 12.0 Å². The molecule has 4 aromatic rings. The number of hydrogen-bond donors (Lipinski definition) is 0. The van der Waals surface area contributed by atoms with Gasteiger partial charge < -0.3 is 9.30 Å². The average molecular weight is 452 g/mol. The predicted octanol–water partition coefficient (Wildman–Crippen LogP) is 4.08. The lowest BCUT2D eigenvalue weighted by molar-refractivity contribution is -0.384. The van der Waals surface area contributed by atoms with Crippen LogP contribution in [0.2, 0.25) is 0 Å². The van der Waals surface area contributed by atoms with Crippen LogP contribution in [-0.2, 0) is 17.8 Å². The smallest absolute Gasteiger partial charge is 0.269 e. The number of hydrogen-bond acceptors (Lipinski definition) is 7. The van der Waals surface area contributed by atoms with Crippen LogP contribution in [0.25, 0.3) is 10.2 Å². The molecule has 0 aliphatic heterocycles. The van der Waals surface area contributed by atoms with Gasteiger partial charge in [0.25, 0.3) is 5.69 Å². The molecular weight excluding hydrogens is 430 g/mol. The number of fused-ring (bicyclic) bond motifs is 1. The van der Waals surface area contributed by atoms with E-state index in [1.807, 2.05) is 29.0 Å². The standard InChI is InChI=1S/C22H21N5O4S/c1-31-18-7-8-19-20(14-18)32-22(24-19)26(11-2-10-25-12-9-23-15-25)21(28)13-16-3-5-17(6-4-16)27(29)30/h3-9,12,14-15H,2,10-11,13H2,1H3. The molecule has 2 aromatic heterocycles. The first-order valence-electron chi connectivity index (χ1n) is 9.97. The Balaban J connectivity index is 1.56. The van der Waals surface area contributed by atoms with Gasteiger partial charge in [-0.15, -0.1) is 0 Å². The van der Waals surface area contributed by atoms with E-state index in [4.69, 9.17) is 4.74 Å². The first-order valence-corrected chi connectivity index (χ1v) is 10.8. The molecule has 0 unspecified atom stereocenters. The van der Waals surface area contributed by atoms with Gasteiger partial charge >= 0.3 is 0 Å². The molecule has 0 saturated carbocycles. The zero-order valence-electron chi connectivity index (χ0n) is 17.4. The van der Waals surface area contributed by atoms with E-state index in [2.05, 4.69) is 9.97 Å². The molecule has 0 aliphatic carbocycles. The molecule has 0 saturated heterocycles. The Bertz CT molecular complexity index is 1220. The van der Waals surface area contributed by atoms with E-state index in [-0.39, 0.29) is 18.0 Å². The van der Waals surface area contributed by atoms with E-state index in [9.17, 15) is 14.9 Å². The van der Waals surface area contributed by atoms with Gasteiger partial charge in [0.2, 0.25) is 5.91 Å². The van der Waals surface area contributed by atoms with Gasteiger partial charge in [-0.25, -0.2) is 9.97 Å². The van der Waals surface area contributed by atoms with Gasteiger partial charge in [-0.3, -0.25) is 19.8 Å². The number of anilines is 1. The summed E-state index contributed by atoms with van der Waals surface area (Å²) < 4.78 is 8.19. The molecule has 0 radical (unpaired) electrons. The molecule has 0 atom stereocenters. The number of aromatic nitrogens is 3. The van der Waals surface area contributed by atoms with E-state index >= 15 is 0 Å². The van der Waals surface area contributed by atoms with Crippen molar-refractivity contribution in [3.05, 3.63) is 76.9 Å². The fourth-order valence-electron chi connectivity index (χ4n) is 3.30. The summed E-state index contributed by atoms with van der Waals surface area (Å²) in [5.74, 6) is 0.618. The first kappa shape index (κ1) is 21.4. The van der Waals surface area contributed by atoms with E-state index < -0.39 is 4.92 Å². The first-order chi connectivity index (χ1) is 15.5. The largest absolute Gasteiger partial charge is 0.497 e. The number of benzene rings is 2. The zero-order chi connectivity index (χ0) is 22.5. The molecule has 0 bridgehead atoms. The van der Waals surface area contributed by atoms with Crippen LogP contribution >= 0.6 is 11.3 Å². The van der Waals surface area contributed by atoms with E-state index in [0.717, 1.165) is 28.9 Å². The molecule has 10 heteroatoms. The normalized spacial score (nSPS) is 10.9. The second-order valence-electron chi connectivity index (χ2n) is 7.13. The number of aryl methyl sites for hydroxylation is 1. The number of thiazole rings is 1. The fraction of sp³-hybridized carbons (Fsp3) is 0.227. The van der Waals surface area contributed by atoms with Crippen molar-refractivity contribution in [1.29, 1.82) is 0 Å². The number of methoxy groups -OCH3 is 1. The summed E-state index contributed by atoms with van der Waals surface area (Å²) in [4.78, 5) is 34.1. The van der Waals surface area contributed by atoms with Gasteiger partial charge in [0.1, 0.15) is 5.75 Å². The molecule has 0 fully saturated rings. The van der Waals surface area contributed by atoms with Crippen molar-refractivity contribution < 1.29 is 14.5 Å². The summed E-state index contributed by atoms with van der Waals surface area (Å²) >= 11 is 1.43. The number of non-ortho nitro benzene ring substituents is 1. The minimum absolute atomic E-state index is 0.00138. The minimum atomic E-state index is -0.455. The van der Waals surface area contributed by atoms with Crippen molar-refractivity contribution in [2.24, 2.45) is 0 Å². The number of rotatable bonds is 9. The zero-order valence-corrected chi connectivity index (χ0v) is 18.2. The SMILES string of the molecule is COc1ccc2nc(N(CCCn3ccnc3)C(=O)Cc3ccc([N+](=O)[O-])cc3)sc2c1. The number of amides is 1. The Morgan fingerprint density at radius 1 is 1.25 bits per heavy atom. The molecule has 1 amide bonds. The van der Waals surface area contributed by atoms with Gasteiger partial charge in [0.05, 0.1) is 35.0 Å². The Morgan fingerprint density at radius 2 is 2.06 bits per heavy atom. The summed E-state index contributed by atoms with van der Waals surface area (Å²) in [6.07, 6.45) is 6.20. The molecule has 2 heterocycles. The number of carbonyl (C=O) groups is 1. The van der Waals surface area contributed by atoms with Crippen LogP contribution in [0.5, 0.6) is 5.75 Å². The van der Waals surface area contributed by atoms with Gasteiger partial charge in [-0.1, -0.05) is 23.5 Å². The molecule has 2 aromatic carbocycles. The van der Waals surface area contributed by atoms with Crippen molar-refractivity contribution in [3.8, 4) is 5.75 Å². The summed E-state index contributed by atoms with van der Waals surface area (Å²) in [7, 11) is 1.61. The Labute approximate surface area is 188 Å². The van der Waals surface area contributed by atoms with Crippen molar-refractivity contribution in [2.75, 3.05) is 18.6 Å². The highest BCUT2D eigenvalue weighted by Crippen LogP contribution is 2.32. The van der Waals surface area contributed by atoms with Gasteiger partial charge in [0.15, 0.2) is 5.13 Å². The summed E-state index contributed by atoms with van der Waals surface area (Å²) in [6, 6.07) is 11.7. The predicted molar refractivity (Wildman–Crippen MR) is 122 cm³/mol. The molecule has 164 valence electrons. The number of nitrogens with zero attached hydrogens (tertiary/aromatic N) is 5. The minimum Gasteiger partial charge on any atom is -0.497 e. The lowest BCUT2D eigenvalue weighted by atomic mass is 10.1. The summed E-state index contributed by atoms with van der Waals surface area (Å²) in [5.41, 5.74) is 1.51. The van der Waals surface area contributed by atoms with Crippen molar-refractivity contribution in [1.82, 2.24) is 14.5 Å². The molecule has 32 heavy (non-hydrogen) atoms. The second-order valence-corrected chi connectivity index (χ2v) is 8.14. The van der Waals surface area contributed by atoms with Crippen LogP contribution in [0, 0.1) is 10.1 Å². The molecule has 0 aliphatic rings. The van der Waals surface area contributed by atoms with Crippen molar-refractivity contribution in [2.45, 2.75) is 19.4 Å². The third kappa shape index (κ3) is 4.92. The van der Waals surface area contributed by atoms with Crippen LogP contribution in [0.3, 0.4) is 0 Å². The molecule has 9 nitrogen and oxygen atoms in total. The molecule has 0 N–H and O–H groups in total. The van der Waals surface area contributed by atoms with E-state index in [1.54, 1.807) is 36.7 Å². The lowest BCUT2D eigenvalue weighted by Gasteiger charge is -2.20. The third-order valence-corrected chi connectivity index (χ3v) is 6.02. The highest BCUT2D eigenvalue weighted by atomic mass is 32.1. The van der Waals surface area contributed by atoms with Crippen LogP contribution in [0.15, 0.2) is 61.2 Å². The quantitative estimate of drug-likeness (QED) is 0.281. The van der Waals surface area contributed by atoms with E-state index in [1.165, 1.54) is 23.5 Å². The maximum absolute atomic E-state index is 13.2. The van der Waals surface area contributed by atoms with Crippen LogP contribution in [-0.4, -0.2) is 39.0 Å². The highest BCUT2D eigenvalue weighted by molar-refractivity contribution is 7.22. The molecule has 0 spiro atoms. The topological polar surface area (TPSA) is 103 Å². The Hall–Kier alpha value is -3.79. The second kappa shape index (κ2) is 9.56. The van der Waals surface area contributed by atoms with Gasteiger partial charge in [-0.2, -0.15) is 0 Å². The maximum Gasteiger partial charge on any atom is 0.269 e. The molecular formula is C22H21N5O4S.